The lowest BCUT2D eigenvalue weighted by Gasteiger charge is -2.01. The third-order valence-electron chi connectivity index (χ3n) is 2.87. The Morgan fingerprint density at radius 3 is 2.47 bits per heavy atom. The molecule has 0 unspecified atom stereocenters. The third kappa shape index (κ3) is 6.72. The van der Waals surface area contributed by atoms with Gasteiger partial charge in [0, 0.05) is 6.42 Å². The molecule has 1 nitrogen and oxygen atoms in total. The van der Waals surface area contributed by atoms with E-state index >= 15 is 0 Å². The zero-order chi connectivity index (χ0) is 12.5. The van der Waals surface area contributed by atoms with Crippen molar-refractivity contribution in [2.24, 2.45) is 0 Å². The summed E-state index contributed by atoms with van der Waals surface area (Å²) in [6.45, 7) is 3.82. The molecule has 1 aromatic rings. The Morgan fingerprint density at radius 1 is 1.12 bits per heavy atom. The molecular weight excluding hydrogens is 208 g/mol. The van der Waals surface area contributed by atoms with Gasteiger partial charge in [0.15, 0.2) is 0 Å². The first-order valence-corrected chi connectivity index (χ1v) is 6.37. The molecule has 0 aromatic heterocycles. The van der Waals surface area contributed by atoms with Crippen LogP contribution in [0.3, 0.4) is 0 Å². The SMILES string of the molecule is CC(=O)CCCC(C)=CCCc1ccccc1. The quantitative estimate of drug-likeness (QED) is 0.637. The molecule has 0 saturated heterocycles. The molecule has 0 heterocycles. The molecule has 92 valence electrons. The van der Waals surface area contributed by atoms with Gasteiger partial charge in [-0.2, -0.15) is 0 Å². The zero-order valence-corrected chi connectivity index (χ0v) is 10.9. The van der Waals surface area contributed by atoms with Crippen LogP contribution in [0.25, 0.3) is 0 Å². The molecule has 1 rings (SSSR count). The number of carbonyl (C=O) groups excluding carboxylic acids is 1. The number of rotatable bonds is 7. The fourth-order valence-electron chi connectivity index (χ4n) is 1.85. The lowest BCUT2D eigenvalue weighted by Crippen LogP contribution is -1.90. The number of aryl methyl sites for hydroxylation is 1. The number of benzene rings is 1. The van der Waals surface area contributed by atoms with Gasteiger partial charge in [-0.05, 0) is 45.1 Å². The van der Waals surface area contributed by atoms with Crippen LogP contribution in [0.4, 0.5) is 0 Å². The Hall–Kier alpha value is -1.37. The minimum Gasteiger partial charge on any atom is -0.300 e. The molecule has 0 aliphatic rings. The van der Waals surface area contributed by atoms with Crippen molar-refractivity contribution in [3.05, 3.63) is 47.5 Å². The summed E-state index contributed by atoms with van der Waals surface area (Å²) in [6.07, 6.45) is 7.25. The van der Waals surface area contributed by atoms with Gasteiger partial charge in [0.05, 0.1) is 0 Å². The summed E-state index contributed by atoms with van der Waals surface area (Å²) in [5, 5.41) is 0. The number of Topliss-reactive ketones (excluding diaryl/α,β-unsaturated/α-hetero) is 1. The van der Waals surface area contributed by atoms with Crippen molar-refractivity contribution in [1.82, 2.24) is 0 Å². The summed E-state index contributed by atoms with van der Waals surface area (Å²) in [5.74, 6) is 0.294. The van der Waals surface area contributed by atoms with E-state index in [9.17, 15) is 4.79 Å². The maximum atomic E-state index is 10.8. The molecule has 0 saturated carbocycles. The molecule has 0 N–H and O–H groups in total. The highest BCUT2D eigenvalue weighted by atomic mass is 16.1. The summed E-state index contributed by atoms with van der Waals surface area (Å²) in [4.78, 5) is 10.8. The summed E-state index contributed by atoms with van der Waals surface area (Å²) < 4.78 is 0. The molecule has 1 heteroatoms. The Labute approximate surface area is 105 Å². The largest absolute Gasteiger partial charge is 0.300 e. The maximum Gasteiger partial charge on any atom is 0.129 e. The first-order valence-electron chi connectivity index (χ1n) is 6.37. The number of allylic oxidation sites excluding steroid dienone is 2. The molecule has 0 bridgehead atoms. The van der Waals surface area contributed by atoms with Crippen molar-refractivity contribution in [3.8, 4) is 0 Å². The van der Waals surface area contributed by atoms with E-state index in [2.05, 4.69) is 37.3 Å². The average Bonchev–Trinajstić information content (AvgIpc) is 2.30. The second-order valence-electron chi connectivity index (χ2n) is 4.63. The molecule has 0 aliphatic carbocycles. The highest BCUT2D eigenvalue weighted by molar-refractivity contribution is 5.75. The van der Waals surface area contributed by atoms with E-state index in [0.717, 1.165) is 25.7 Å². The van der Waals surface area contributed by atoms with Gasteiger partial charge >= 0.3 is 0 Å². The molecular formula is C16H22O. The van der Waals surface area contributed by atoms with Crippen LogP contribution in [0.1, 0.15) is 45.1 Å². The summed E-state index contributed by atoms with van der Waals surface area (Å²) in [6, 6.07) is 10.5. The normalized spacial score (nSPS) is 11.5. The molecule has 0 atom stereocenters. The van der Waals surface area contributed by atoms with Gasteiger partial charge in [-0.15, -0.1) is 0 Å². The minimum atomic E-state index is 0.294. The highest BCUT2D eigenvalue weighted by Crippen LogP contribution is 2.10. The van der Waals surface area contributed by atoms with Crippen molar-refractivity contribution >= 4 is 5.78 Å². The van der Waals surface area contributed by atoms with Gasteiger partial charge < -0.3 is 4.79 Å². The van der Waals surface area contributed by atoms with Crippen molar-refractivity contribution in [2.45, 2.75) is 46.0 Å². The Balaban J connectivity index is 2.22. The third-order valence-corrected chi connectivity index (χ3v) is 2.87. The van der Waals surface area contributed by atoms with Crippen LogP contribution in [0, 0.1) is 0 Å². The lowest BCUT2D eigenvalue weighted by molar-refractivity contribution is -0.117. The fourth-order valence-corrected chi connectivity index (χ4v) is 1.85. The second-order valence-corrected chi connectivity index (χ2v) is 4.63. The predicted octanol–water partition coefficient (Wildman–Crippen LogP) is 4.32. The number of hydrogen-bond acceptors (Lipinski definition) is 1. The van der Waals surface area contributed by atoms with Crippen LogP contribution in [0.2, 0.25) is 0 Å². The molecule has 0 radical (unpaired) electrons. The van der Waals surface area contributed by atoms with Crippen LogP contribution in [-0.4, -0.2) is 5.78 Å². The summed E-state index contributed by atoms with van der Waals surface area (Å²) in [5.41, 5.74) is 2.79. The first kappa shape index (κ1) is 13.7. The van der Waals surface area contributed by atoms with E-state index in [1.807, 2.05) is 6.07 Å². The predicted molar refractivity (Wildman–Crippen MR) is 73.1 cm³/mol. The molecule has 17 heavy (non-hydrogen) atoms. The fraction of sp³-hybridized carbons (Fsp3) is 0.438. The van der Waals surface area contributed by atoms with Crippen LogP contribution in [0.5, 0.6) is 0 Å². The number of ketones is 1. The summed E-state index contributed by atoms with van der Waals surface area (Å²) >= 11 is 0. The number of hydrogen-bond donors (Lipinski definition) is 0. The van der Waals surface area contributed by atoms with Gasteiger partial charge in [0.25, 0.3) is 0 Å². The summed E-state index contributed by atoms with van der Waals surface area (Å²) in [7, 11) is 0. The highest BCUT2D eigenvalue weighted by Gasteiger charge is 1.95. The molecule has 0 spiro atoms. The van der Waals surface area contributed by atoms with E-state index in [1.165, 1.54) is 11.1 Å². The Kier molecular flexibility index (Phi) is 6.31. The van der Waals surface area contributed by atoms with Crippen molar-refractivity contribution in [1.29, 1.82) is 0 Å². The maximum absolute atomic E-state index is 10.8. The van der Waals surface area contributed by atoms with E-state index in [-0.39, 0.29) is 0 Å². The minimum absolute atomic E-state index is 0.294. The van der Waals surface area contributed by atoms with E-state index < -0.39 is 0 Å². The lowest BCUT2D eigenvalue weighted by atomic mass is 10.0. The van der Waals surface area contributed by atoms with Gasteiger partial charge in [-0.1, -0.05) is 42.0 Å². The average molecular weight is 230 g/mol. The standard InChI is InChI=1S/C16H22O/c1-14(8-6-10-15(2)17)9-7-13-16-11-4-3-5-12-16/h3-5,9,11-12H,6-8,10,13H2,1-2H3. The van der Waals surface area contributed by atoms with E-state index in [4.69, 9.17) is 0 Å². The molecule has 1 aromatic carbocycles. The first-order chi connectivity index (χ1) is 8.18. The van der Waals surface area contributed by atoms with Crippen molar-refractivity contribution < 1.29 is 4.79 Å². The number of carbonyl (C=O) groups is 1. The van der Waals surface area contributed by atoms with Crippen LogP contribution >= 0.6 is 0 Å². The topological polar surface area (TPSA) is 17.1 Å². The zero-order valence-electron chi connectivity index (χ0n) is 10.9. The second kappa shape index (κ2) is 7.83. The van der Waals surface area contributed by atoms with Gasteiger partial charge in [-0.3, -0.25) is 0 Å². The Bertz CT molecular complexity index is 362. The van der Waals surface area contributed by atoms with E-state index in [0.29, 0.717) is 12.2 Å². The van der Waals surface area contributed by atoms with Crippen LogP contribution in [0.15, 0.2) is 42.0 Å². The van der Waals surface area contributed by atoms with Gasteiger partial charge in [0.1, 0.15) is 5.78 Å². The van der Waals surface area contributed by atoms with Gasteiger partial charge in [0.2, 0.25) is 0 Å². The molecule has 0 fully saturated rings. The molecule has 0 aliphatic heterocycles. The van der Waals surface area contributed by atoms with E-state index in [1.54, 1.807) is 6.92 Å². The van der Waals surface area contributed by atoms with Crippen LogP contribution in [-0.2, 0) is 11.2 Å². The smallest absolute Gasteiger partial charge is 0.129 e. The monoisotopic (exact) mass is 230 g/mol. The Morgan fingerprint density at radius 2 is 1.82 bits per heavy atom. The van der Waals surface area contributed by atoms with Crippen molar-refractivity contribution in [3.63, 3.8) is 0 Å². The molecule has 0 amide bonds. The van der Waals surface area contributed by atoms with Gasteiger partial charge in [-0.25, -0.2) is 0 Å². The van der Waals surface area contributed by atoms with Crippen molar-refractivity contribution in [2.75, 3.05) is 0 Å². The van der Waals surface area contributed by atoms with Crippen LogP contribution < -0.4 is 0 Å².